The van der Waals surface area contributed by atoms with Crippen LogP contribution in [0.1, 0.15) is 52.0 Å². The Morgan fingerprint density at radius 3 is 1.68 bits per heavy atom. The third-order valence-electron chi connectivity index (χ3n) is 8.39. The van der Waals surface area contributed by atoms with Crippen molar-refractivity contribution in [2.45, 2.75) is 32.6 Å². The van der Waals surface area contributed by atoms with E-state index in [4.69, 9.17) is 44.4 Å². The van der Waals surface area contributed by atoms with Gasteiger partial charge in [0.15, 0.2) is 0 Å². The number of hydrogen-bond acceptors (Lipinski definition) is 12. The number of fused-ring (bicyclic) bond motifs is 1. The van der Waals surface area contributed by atoms with E-state index in [9.17, 15) is 24.0 Å². The molecule has 4 aromatic carbocycles. The fourth-order valence-corrected chi connectivity index (χ4v) is 5.64. The summed E-state index contributed by atoms with van der Waals surface area (Å²) in [5, 5.41) is 0.710. The number of carbonyl (C=O) groups excluding carboxylic acids is 4. The average molecular weight is 795 g/mol. The minimum Gasteiger partial charge on any atom is -0.494 e. The molecule has 57 heavy (non-hydrogen) atoms. The highest BCUT2D eigenvalue weighted by atomic mass is 35.5. The molecule has 0 unspecified atom stereocenters. The van der Waals surface area contributed by atoms with Crippen LogP contribution in [0.4, 0.5) is 0 Å². The highest BCUT2D eigenvalue weighted by molar-refractivity contribution is 6.32. The second kappa shape index (κ2) is 20.3. The van der Waals surface area contributed by atoms with Crippen molar-refractivity contribution in [1.82, 2.24) is 0 Å². The number of rotatable bonds is 19. The topological polar surface area (TPSA) is 154 Å². The number of esters is 4. The molecule has 294 valence electrons. The Morgan fingerprint density at radius 1 is 0.649 bits per heavy atom. The van der Waals surface area contributed by atoms with Crippen molar-refractivity contribution in [2.24, 2.45) is 0 Å². The van der Waals surface area contributed by atoms with Crippen molar-refractivity contribution >= 4 is 46.4 Å². The first-order valence-electron chi connectivity index (χ1n) is 17.9. The molecule has 5 aromatic rings. The summed E-state index contributed by atoms with van der Waals surface area (Å²) in [5.74, 6) is -0.788. The number of carbonyl (C=O) groups is 4. The van der Waals surface area contributed by atoms with Crippen LogP contribution in [0.2, 0.25) is 5.02 Å². The van der Waals surface area contributed by atoms with E-state index in [2.05, 4.69) is 13.2 Å². The van der Waals surface area contributed by atoms with Crippen molar-refractivity contribution in [1.29, 1.82) is 0 Å². The first-order valence-corrected chi connectivity index (χ1v) is 18.3. The van der Waals surface area contributed by atoms with Gasteiger partial charge in [-0.1, -0.05) is 30.8 Å². The molecule has 1 heterocycles. The molecule has 0 fully saturated rings. The lowest BCUT2D eigenvalue weighted by Gasteiger charge is -2.12. The van der Waals surface area contributed by atoms with Gasteiger partial charge in [0, 0.05) is 23.6 Å². The van der Waals surface area contributed by atoms with Crippen molar-refractivity contribution in [3.63, 3.8) is 0 Å². The molecular weight excluding hydrogens is 756 g/mol. The summed E-state index contributed by atoms with van der Waals surface area (Å²) in [6.07, 6.45) is 4.83. The minimum absolute atomic E-state index is 0.0973. The molecule has 0 aliphatic carbocycles. The van der Waals surface area contributed by atoms with Crippen LogP contribution in [0.5, 0.6) is 23.0 Å². The van der Waals surface area contributed by atoms with Gasteiger partial charge in [0.1, 0.15) is 28.6 Å². The van der Waals surface area contributed by atoms with Gasteiger partial charge >= 0.3 is 29.5 Å². The second-order valence-electron chi connectivity index (χ2n) is 12.4. The predicted octanol–water partition coefficient (Wildman–Crippen LogP) is 8.64. The molecule has 0 radical (unpaired) electrons. The van der Waals surface area contributed by atoms with Gasteiger partial charge in [-0.3, -0.25) is 0 Å². The van der Waals surface area contributed by atoms with Crippen LogP contribution < -0.4 is 24.6 Å². The Labute approximate surface area is 333 Å². The molecule has 0 spiro atoms. The molecule has 1 aromatic heterocycles. The van der Waals surface area contributed by atoms with Crippen LogP contribution in [0, 0.1) is 6.92 Å². The van der Waals surface area contributed by atoms with Crippen molar-refractivity contribution in [3.05, 3.63) is 142 Å². The largest absolute Gasteiger partial charge is 0.494 e. The summed E-state index contributed by atoms with van der Waals surface area (Å²) < 4.78 is 38.0. The summed E-state index contributed by atoms with van der Waals surface area (Å²) in [4.78, 5) is 61.2. The molecule has 0 saturated heterocycles. The number of halogens is 1. The lowest BCUT2D eigenvalue weighted by Crippen LogP contribution is -2.10. The second-order valence-corrected chi connectivity index (χ2v) is 12.8. The lowest BCUT2D eigenvalue weighted by atomic mass is 9.99. The lowest BCUT2D eigenvalue weighted by molar-refractivity contribution is -0.138. The Kier molecular flexibility index (Phi) is 14.8. The van der Waals surface area contributed by atoms with E-state index in [1.165, 1.54) is 18.2 Å². The summed E-state index contributed by atoms with van der Waals surface area (Å²) in [5.41, 5.74) is 1.45. The molecule has 0 aliphatic heterocycles. The molecule has 0 N–H and O–H groups in total. The van der Waals surface area contributed by atoms with E-state index in [-0.39, 0.29) is 52.0 Å². The Hall–Kier alpha value is -6.66. The molecular formula is C44H39ClO12. The van der Waals surface area contributed by atoms with E-state index in [0.29, 0.717) is 66.9 Å². The first-order chi connectivity index (χ1) is 27.6. The zero-order valence-corrected chi connectivity index (χ0v) is 31.8. The third-order valence-corrected chi connectivity index (χ3v) is 8.68. The van der Waals surface area contributed by atoms with Gasteiger partial charge in [-0.15, -0.1) is 0 Å². The van der Waals surface area contributed by atoms with Crippen LogP contribution >= 0.6 is 11.6 Å². The number of aryl methyl sites for hydroxylation is 1. The van der Waals surface area contributed by atoms with Gasteiger partial charge in [0.05, 0.1) is 48.1 Å². The van der Waals surface area contributed by atoms with E-state index >= 15 is 0 Å². The molecule has 0 bridgehead atoms. The van der Waals surface area contributed by atoms with Gasteiger partial charge in [-0.05, 0) is 117 Å². The predicted molar refractivity (Wildman–Crippen MR) is 212 cm³/mol. The zero-order chi connectivity index (χ0) is 40.7. The summed E-state index contributed by atoms with van der Waals surface area (Å²) in [6, 6.07) is 22.2. The SMILES string of the molecule is C=CC(=O)OCCCCOc1ccc(C(=O)Oc2ccc3c(C)c(-c4ccc(OC(=O)c5ccc(OCCCCOC(=O)C=C)cc5)c(Cl)c4)c(=O)oc3c2)cc1. The van der Waals surface area contributed by atoms with E-state index in [1.54, 1.807) is 73.7 Å². The summed E-state index contributed by atoms with van der Waals surface area (Å²) in [6.45, 7) is 9.82. The zero-order valence-electron chi connectivity index (χ0n) is 31.1. The first kappa shape index (κ1) is 41.5. The molecule has 13 heteroatoms. The number of unbranched alkanes of at least 4 members (excludes halogenated alkanes) is 2. The number of ether oxygens (including phenoxy) is 6. The maximum atomic E-state index is 13.3. The highest BCUT2D eigenvalue weighted by Crippen LogP contribution is 2.34. The van der Waals surface area contributed by atoms with Crippen LogP contribution in [-0.4, -0.2) is 50.3 Å². The quantitative estimate of drug-likeness (QED) is 0.0258. The average Bonchev–Trinajstić information content (AvgIpc) is 3.21. The van der Waals surface area contributed by atoms with Crippen molar-refractivity contribution in [2.75, 3.05) is 26.4 Å². The molecule has 0 amide bonds. The van der Waals surface area contributed by atoms with Gasteiger partial charge in [0.25, 0.3) is 0 Å². The third kappa shape index (κ3) is 11.7. The smallest absolute Gasteiger partial charge is 0.344 e. The van der Waals surface area contributed by atoms with Gasteiger partial charge in [-0.25, -0.2) is 24.0 Å². The molecule has 0 aliphatic rings. The molecule has 5 rings (SSSR count). The normalized spacial score (nSPS) is 10.6. The monoisotopic (exact) mass is 794 g/mol. The van der Waals surface area contributed by atoms with E-state index in [1.807, 2.05) is 0 Å². The Morgan fingerprint density at radius 2 is 1.16 bits per heavy atom. The fraction of sp³-hybridized carbons (Fsp3) is 0.205. The maximum absolute atomic E-state index is 13.3. The van der Waals surface area contributed by atoms with Gasteiger partial charge in [-0.2, -0.15) is 0 Å². The van der Waals surface area contributed by atoms with E-state index in [0.717, 1.165) is 12.2 Å². The van der Waals surface area contributed by atoms with Crippen LogP contribution in [-0.2, 0) is 19.1 Å². The standard InChI is InChI=1S/C44H39ClO12/c1-4-39(46)53-24-8-6-22-51-32-15-10-29(11-16-32)42(48)55-34-19-20-35-28(3)41(44(50)57-38(35)27-34)31-14-21-37(36(45)26-31)56-43(49)30-12-17-33(18-13-30)52-23-7-9-25-54-40(47)5-2/h4-5,10-21,26-27H,1-2,6-9,22-25H2,3H3. The summed E-state index contributed by atoms with van der Waals surface area (Å²) >= 11 is 6.52. The molecule has 0 atom stereocenters. The van der Waals surface area contributed by atoms with Gasteiger partial charge < -0.3 is 32.8 Å². The fourth-order valence-electron chi connectivity index (χ4n) is 5.42. The highest BCUT2D eigenvalue weighted by Gasteiger charge is 2.18. The minimum atomic E-state index is -0.643. The van der Waals surface area contributed by atoms with Crippen LogP contribution in [0.15, 0.2) is 119 Å². The molecule has 12 nitrogen and oxygen atoms in total. The molecule has 0 saturated carbocycles. The van der Waals surface area contributed by atoms with E-state index < -0.39 is 29.5 Å². The van der Waals surface area contributed by atoms with Crippen molar-refractivity contribution < 1.29 is 52.0 Å². The van der Waals surface area contributed by atoms with Crippen LogP contribution in [0.25, 0.3) is 22.1 Å². The number of hydrogen-bond donors (Lipinski definition) is 0. The Balaban J connectivity index is 1.16. The maximum Gasteiger partial charge on any atom is 0.344 e. The number of benzene rings is 4. The Bertz CT molecular complexity index is 2310. The van der Waals surface area contributed by atoms with Crippen LogP contribution in [0.3, 0.4) is 0 Å². The van der Waals surface area contributed by atoms with Crippen molar-refractivity contribution in [3.8, 4) is 34.1 Å². The van der Waals surface area contributed by atoms with Gasteiger partial charge in [0.2, 0.25) is 0 Å². The summed E-state index contributed by atoms with van der Waals surface area (Å²) in [7, 11) is 0.